The van der Waals surface area contributed by atoms with Crippen molar-refractivity contribution in [3.63, 3.8) is 0 Å². The number of carbonyl (C=O) groups is 1. The Morgan fingerprint density at radius 1 is 1.17 bits per heavy atom. The third kappa shape index (κ3) is 4.10. The Kier molecular flexibility index (Phi) is 4.66. The van der Waals surface area contributed by atoms with Crippen LogP contribution >= 0.6 is 0 Å². The average molecular weight is 311 g/mol. The number of amides is 1. The van der Waals surface area contributed by atoms with E-state index in [0.717, 1.165) is 11.1 Å². The third-order valence-corrected chi connectivity index (χ3v) is 3.15. The van der Waals surface area contributed by atoms with E-state index < -0.39 is 11.9 Å². The summed E-state index contributed by atoms with van der Waals surface area (Å²) in [4.78, 5) is 11.8. The minimum Gasteiger partial charge on any atom is -0.508 e. The quantitative estimate of drug-likeness (QED) is 0.339. The van der Waals surface area contributed by atoms with Gasteiger partial charge in [0.2, 0.25) is 0 Å². The van der Waals surface area contributed by atoms with Gasteiger partial charge in [-0.25, -0.2) is 0 Å². The first-order valence-electron chi connectivity index (χ1n) is 6.83. The Hall–Kier alpha value is -3.28. The largest absolute Gasteiger partial charge is 0.508 e. The molecule has 6 N–H and O–H groups in total. The van der Waals surface area contributed by atoms with Gasteiger partial charge in [-0.05, 0) is 41.8 Å². The summed E-state index contributed by atoms with van der Waals surface area (Å²) >= 11 is 0. The van der Waals surface area contributed by atoms with E-state index in [-0.39, 0.29) is 11.5 Å². The summed E-state index contributed by atoms with van der Waals surface area (Å²) in [6.45, 7) is 1.61. The van der Waals surface area contributed by atoms with Crippen LogP contribution in [0.5, 0.6) is 11.5 Å². The smallest absolute Gasteiger partial charge is 0.253 e. The fourth-order valence-electron chi connectivity index (χ4n) is 2.16. The van der Waals surface area contributed by atoms with Gasteiger partial charge in [-0.3, -0.25) is 15.5 Å². The summed E-state index contributed by atoms with van der Waals surface area (Å²) in [6.07, 6.45) is 1.65. The molecular formula is C17H17N3O3. The van der Waals surface area contributed by atoms with Crippen LogP contribution in [0, 0.1) is 5.41 Å². The lowest BCUT2D eigenvalue weighted by molar-refractivity contribution is -0.116. The number of carbonyl (C=O) groups excluding carboxylic acids is 1. The summed E-state index contributed by atoms with van der Waals surface area (Å²) in [5.41, 5.74) is 7.61. The van der Waals surface area contributed by atoms with Gasteiger partial charge in [-0.2, -0.15) is 0 Å². The number of hydrogen-bond donors (Lipinski definition) is 5. The molecule has 2 aromatic rings. The predicted octanol–water partition coefficient (Wildman–Crippen LogP) is 2.18. The third-order valence-electron chi connectivity index (χ3n) is 3.15. The van der Waals surface area contributed by atoms with Crippen LogP contribution in [0.3, 0.4) is 0 Å². The maximum Gasteiger partial charge on any atom is 0.253 e. The van der Waals surface area contributed by atoms with E-state index in [1.54, 1.807) is 19.1 Å². The van der Waals surface area contributed by atoms with Crippen LogP contribution in [0.1, 0.15) is 12.5 Å². The van der Waals surface area contributed by atoms with Crippen LogP contribution in [0.2, 0.25) is 0 Å². The number of benzene rings is 2. The molecule has 0 radical (unpaired) electrons. The Bertz CT molecular complexity index is 777. The number of phenolic OH excluding ortho intramolecular Hbond substituents is 2. The van der Waals surface area contributed by atoms with E-state index in [1.807, 2.05) is 18.2 Å². The minimum atomic E-state index is -0.467. The molecule has 0 saturated heterocycles. The Balaban J connectivity index is 2.45. The number of hydrogen-bond acceptors (Lipinski definition) is 4. The van der Waals surface area contributed by atoms with Crippen molar-refractivity contribution < 1.29 is 15.0 Å². The highest BCUT2D eigenvalue weighted by molar-refractivity contribution is 6.06. The van der Waals surface area contributed by atoms with E-state index >= 15 is 0 Å². The standard InChI is InChI=1S/C17H17N3O3/c1-10(16(23)20-17(18)19)6-11-4-2-3-5-15(11)12-7-13(21)9-14(22)8-12/h2-9,21-22H,1H3,(H4,18,19,20,23)/b10-6+. The van der Waals surface area contributed by atoms with Gasteiger partial charge in [-0.1, -0.05) is 24.3 Å². The molecule has 6 heteroatoms. The first kappa shape index (κ1) is 16.1. The first-order chi connectivity index (χ1) is 10.9. The van der Waals surface area contributed by atoms with Crippen LogP contribution in [-0.4, -0.2) is 22.1 Å². The van der Waals surface area contributed by atoms with Gasteiger partial charge in [0.15, 0.2) is 5.96 Å². The monoisotopic (exact) mass is 311 g/mol. The SMILES string of the molecule is C/C(=C\c1ccccc1-c1cc(O)cc(O)c1)C(=O)NC(=N)N. The second kappa shape index (κ2) is 6.65. The van der Waals surface area contributed by atoms with Gasteiger partial charge in [0, 0.05) is 11.6 Å². The number of nitrogens with one attached hydrogen (secondary N) is 2. The molecule has 0 aliphatic rings. The molecule has 0 saturated carbocycles. The molecule has 0 bridgehead atoms. The van der Waals surface area contributed by atoms with Gasteiger partial charge in [0.1, 0.15) is 11.5 Å². The number of nitrogens with two attached hydrogens (primary N) is 1. The van der Waals surface area contributed by atoms with Crippen molar-refractivity contribution in [1.82, 2.24) is 5.32 Å². The predicted molar refractivity (Wildman–Crippen MR) is 88.9 cm³/mol. The van der Waals surface area contributed by atoms with Crippen molar-refractivity contribution in [2.24, 2.45) is 5.73 Å². The highest BCUT2D eigenvalue weighted by Gasteiger charge is 2.09. The van der Waals surface area contributed by atoms with E-state index in [1.165, 1.54) is 18.2 Å². The summed E-state index contributed by atoms with van der Waals surface area (Å²) in [7, 11) is 0. The molecule has 0 atom stereocenters. The van der Waals surface area contributed by atoms with Crippen molar-refractivity contribution in [1.29, 1.82) is 5.41 Å². The van der Waals surface area contributed by atoms with Crippen LogP contribution in [0.15, 0.2) is 48.0 Å². The molecule has 1 amide bonds. The Morgan fingerprint density at radius 3 is 2.39 bits per heavy atom. The van der Waals surface area contributed by atoms with E-state index in [9.17, 15) is 15.0 Å². The molecule has 0 aliphatic heterocycles. The molecule has 6 nitrogen and oxygen atoms in total. The van der Waals surface area contributed by atoms with Crippen molar-refractivity contribution in [3.8, 4) is 22.6 Å². The average Bonchev–Trinajstić information content (AvgIpc) is 2.46. The molecule has 0 fully saturated rings. The van der Waals surface area contributed by atoms with Gasteiger partial charge >= 0.3 is 0 Å². The molecule has 0 spiro atoms. The van der Waals surface area contributed by atoms with Gasteiger partial charge in [0.25, 0.3) is 5.91 Å². The van der Waals surface area contributed by atoms with Crippen LogP contribution in [0.25, 0.3) is 17.2 Å². The summed E-state index contributed by atoms with van der Waals surface area (Å²) in [6, 6.07) is 11.5. The molecule has 2 aromatic carbocycles. The van der Waals surface area contributed by atoms with E-state index in [2.05, 4.69) is 5.32 Å². The maximum atomic E-state index is 11.8. The molecular weight excluding hydrogens is 294 g/mol. The van der Waals surface area contributed by atoms with Crippen LogP contribution in [-0.2, 0) is 4.79 Å². The second-order valence-corrected chi connectivity index (χ2v) is 5.02. The number of rotatable bonds is 3. The molecule has 0 aromatic heterocycles. The molecule has 0 heterocycles. The highest BCUT2D eigenvalue weighted by atomic mass is 16.3. The summed E-state index contributed by atoms with van der Waals surface area (Å²) in [5, 5.41) is 28.6. The fourth-order valence-corrected chi connectivity index (χ4v) is 2.16. The zero-order valence-electron chi connectivity index (χ0n) is 12.5. The maximum absolute atomic E-state index is 11.8. The number of phenols is 2. The summed E-state index contributed by atoms with van der Waals surface area (Å²) in [5.74, 6) is -0.991. The van der Waals surface area contributed by atoms with Gasteiger partial charge < -0.3 is 15.9 Å². The minimum absolute atomic E-state index is 0.0511. The molecule has 0 unspecified atom stereocenters. The molecule has 23 heavy (non-hydrogen) atoms. The first-order valence-corrected chi connectivity index (χ1v) is 6.83. The zero-order chi connectivity index (χ0) is 17.0. The van der Waals surface area contributed by atoms with Gasteiger partial charge in [0.05, 0.1) is 0 Å². The van der Waals surface area contributed by atoms with E-state index in [0.29, 0.717) is 11.1 Å². The van der Waals surface area contributed by atoms with Crippen molar-refractivity contribution in [2.75, 3.05) is 0 Å². The Labute approximate surface area is 133 Å². The van der Waals surface area contributed by atoms with Crippen molar-refractivity contribution in [2.45, 2.75) is 6.92 Å². The lowest BCUT2D eigenvalue weighted by Gasteiger charge is -2.09. The lowest BCUT2D eigenvalue weighted by Crippen LogP contribution is -2.36. The number of aromatic hydroxyl groups is 2. The summed E-state index contributed by atoms with van der Waals surface area (Å²) < 4.78 is 0. The second-order valence-electron chi connectivity index (χ2n) is 5.02. The molecule has 0 aliphatic carbocycles. The highest BCUT2D eigenvalue weighted by Crippen LogP contribution is 2.31. The van der Waals surface area contributed by atoms with Gasteiger partial charge in [-0.15, -0.1) is 0 Å². The normalized spacial score (nSPS) is 11.1. The van der Waals surface area contributed by atoms with Crippen LogP contribution in [0.4, 0.5) is 0 Å². The fraction of sp³-hybridized carbons (Fsp3) is 0.0588. The number of guanidine groups is 1. The topological polar surface area (TPSA) is 119 Å². The van der Waals surface area contributed by atoms with Crippen molar-refractivity contribution >= 4 is 17.9 Å². The molecule has 2 rings (SSSR count). The lowest BCUT2D eigenvalue weighted by atomic mass is 9.97. The Morgan fingerprint density at radius 2 is 1.78 bits per heavy atom. The van der Waals surface area contributed by atoms with Crippen molar-refractivity contribution in [3.05, 3.63) is 53.6 Å². The van der Waals surface area contributed by atoms with Crippen LogP contribution < -0.4 is 11.1 Å². The molecule has 118 valence electrons. The zero-order valence-corrected chi connectivity index (χ0v) is 12.5. The van der Waals surface area contributed by atoms with E-state index in [4.69, 9.17) is 11.1 Å².